The Hall–Kier alpha value is -2.02. The molecular weight excluding hydrogens is 327 g/mol. The number of benzene rings is 1. The highest BCUT2D eigenvalue weighted by molar-refractivity contribution is 7.99. The Balaban J connectivity index is 1.66. The maximum Gasteiger partial charge on any atom is 0.318 e. The molecule has 1 fully saturated rings. The van der Waals surface area contributed by atoms with Gasteiger partial charge in [0.05, 0.1) is 12.2 Å². The maximum atomic E-state index is 13.6. The second-order valence-electron chi connectivity index (χ2n) is 5.97. The topological polar surface area (TPSA) is 50.2 Å². The first-order valence-electron chi connectivity index (χ1n) is 7.90. The van der Waals surface area contributed by atoms with Gasteiger partial charge in [-0.1, -0.05) is 12.1 Å². The average molecular weight is 348 g/mol. The Morgan fingerprint density at radius 2 is 2.33 bits per heavy atom. The van der Waals surface area contributed by atoms with Crippen LogP contribution < -0.4 is 5.32 Å². The lowest BCUT2D eigenvalue weighted by molar-refractivity contribution is 0.182. The number of hydrogen-bond donors (Lipinski definition) is 1. The van der Waals surface area contributed by atoms with Crippen LogP contribution in [-0.2, 0) is 13.6 Å². The smallest absolute Gasteiger partial charge is 0.318 e. The summed E-state index contributed by atoms with van der Waals surface area (Å²) < 4.78 is 15.4. The van der Waals surface area contributed by atoms with Gasteiger partial charge in [-0.15, -0.1) is 0 Å². The van der Waals surface area contributed by atoms with Gasteiger partial charge in [0.15, 0.2) is 0 Å². The van der Waals surface area contributed by atoms with Gasteiger partial charge in [-0.05, 0) is 24.1 Å². The molecule has 1 atom stereocenters. The number of carbonyl (C=O) groups excluding carboxylic acids is 1. The van der Waals surface area contributed by atoms with Crippen molar-refractivity contribution in [2.45, 2.75) is 19.5 Å². The molecule has 2 amide bonds. The van der Waals surface area contributed by atoms with E-state index in [1.54, 1.807) is 17.7 Å². The zero-order valence-corrected chi connectivity index (χ0v) is 14.6. The van der Waals surface area contributed by atoms with Crippen LogP contribution in [0.3, 0.4) is 0 Å². The first-order chi connectivity index (χ1) is 11.5. The van der Waals surface area contributed by atoms with Crippen LogP contribution in [0.4, 0.5) is 9.18 Å². The molecule has 1 aromatic heterocycles. The molecule has 7 heteroatoms. The average Bonchev–Trinajstić information content (AvgIpc) is 3.02. The highest BCUT2D eigenvalue weighted by Gasteiger charge is 2.29. The van der Waals surface area contributed by atoms with Crippen molar-refractivity contribution in [1.29, 1.82) is 0 Å². The molecule has 0 bridgehead atoms. The summed E-state index contributed by atoms with van der Waals surface area (Å²) in [5, 5.41) is 7.11. The number of nitrogens with zero attached hydrogens (tertiary/aromatic N) is 3. The first kappa shape index (κ1) is 16.8. The van der Waals surface area contributed by atoms with Crippen molar-refractivity contribution in [3.63, 3.8) is 0 Å². The highest BCUT2D eigenvalue weighted by Crippen LogP contribution is 2.29. The van der Waals surface area contributed by atoms with Crippen LogP contribution in [0.15, 0.2) is 30.6 Å². The molecule has 3 rings (SSSR count). The molecule has 5 nitrogen and oxygen atoms in total. The number of nitrogens with one attached hydrogen (secondary N) is 1. The number of aryl methyl sites for hydroxylation is 2. The van der Waals surface area contributed by atoms with Crippen molar-refractivity contribution in [3.8, 4) is 0 Å². The third-order valence-corrected chi connectivity index (χ3v) is 5.20. The van der Waals surface area contributed by atoms with Crippen molar-refractivity contribution in [1.82, 2.24) is 20.0 Å². The van der Waals surface area contributed by atoms with Crippen LogP contribution in [0.25, 0.3) is 0 Å². The molecule has 0 saturated carbocycles. The number of hydrogen-bond acceptors (Lipinski definition) is 3. The maximum absolute atomic E-state index is 13.6. The minimum absolute atomic E-state index is 0.0206. The zero-order valence-electron chi connectivity index (χ0n) is 13.8. The van der Waals surface area contributed by atoms with Gasteiger partial charge in [0, 0.05) is 43.4 Å². The SMILES string of the molecule is Cc1ccc(CNC(=O)N2CCSC[C@@H]2c2cnn(C)c2)cc1F. The largest absolute Gasteiger partial charge is 0.334 e. The van der Waals surface area contributed by atoms with Crippen LogP contribution in [-0.4, -0.2) is 38.8 Å². The zero-order chi connectivity index (χ0) is 17.1. The normalized spacial score (nSPS) is 17.8. The Labute approximate surface area is 145 Å². The predicted molar refractivity (Wildman–Crippen MR) is 93.4 cm³/mol. The summed E-state index contributed by atoms with van der Waals surface area (Å²) in [6.45, 7) is 2.74. The molecule has 1 aromatic carbocycles. The number of amides is 2. The van der Waals surface area contributed by atoms with Crippen LogP contribution in [0.2, 0.25) is 0 Å². The Kier molecular flexibility index (Phi) is 5.08. The number of thioether (sulfide) groups is 1. The fourth-order valence-electron chi connectivity index (χ4n) is 2.76. The number of aromatic nitrogens is 2. The van der Waals surface area contributed by atoms with E-state index in [9.17, 15) is 9.18 Å². The monoisotopic (exact) mass is 348 g/mol. The van der Waals surface area contributed by atoms with Crippen LogP contribution in [0.5, 0.6) is 0 Å². The van der Waals surface area contributed by atoms with Crippen LogP contribution >= 0.6 is 11.8 Å². The second-order valence-corrected chi connectivity index (χ2v) is 7.12. The quantitative estimate of drug-likeness (QED) is 0.928. The summed E-state index contributed by atoms with van der Waals surface area (Å²) in [6.07, 6.45) is 3.76. The Bertz CT molecular complexity index is 733. The lowest BCUT2D eigenvalue weighted by Crippen LogP contribution is -2.46. The van der Waals surface area contributed by atoms with Crippen molar-refractivity contribution < 1.29 is 9.18 Å². The summed E-state index contributed by atoms with van der Waals surface area (Å²) in [7, 11) is 1.87. The van der Waals surface area contributed by atoms with Crippen molar-refractivity contribution in [2.75, 3.05) is 18.1 Å². The number of rotatable bonds is 3. The van der Waals surface area contributed by atoms with Gasteiger partial charge < -0.3 is 10.2 Å². The van der Waals surface area contributed by atoms with E-state index in [4.69, 9.17) is 0 Å². The van der Waals surface area contributed by atoms with E-state index in [0.717, 1.165) is 22.6 Å². The Morgan fingerprint density at radius 1 is 1.50 bits per heavy atom. The summed E-state index contributed by atoms with van der Waals surface area (Å²) >= 11 is 1.84. The van der Waals surface area contributed by atoms with Gasteiger partial charge in [0.25, 0.3) is 0 Å². The summed E-state index contributed by atoms with van der Waals surface area (Å²) in [4.78, 5) is 14.4. The lowest BCUT2D eigenvalue weighted by atomic mass is 10.1. The molecule has 0 spiro atoms. The van der Waals surface area contributed by atoms with Crippen LogP contribution in [0, 0.1) is 12.7 Å². The van der Waals surface area contributed by atoms with E-state index >= 15 is 0 Å². The predicted octanol–water partition coefficient (Wildman–Crippen LogP) is 2.87. The third kappa shape index (κ3) is 3.72. The van der Waals surface area contributed by atoms with Gasteiger partial charge >= 0.3 is 6.03 Å². The summed E-state index contributed by atoms with van der Waals surface area (Å²) in [6, 6.07) is 4.94. The van der Waals surface area contributed by atoms with Crippen LogP contribution in [0.1, 0.15) is 22.7 Å². The van der Waals surface area contributed by atoms with E-state index in [2.05, 4.69) is 10.4 Å². The molecule has 0 aliphatic carbocycles. The van der Waals surface area contributed by atoms with E-state index in [0.29, 0.717) is 18.7 Å². The standard InChI is InChI=1S/C17H21FN4OS/c1-12-3-4-13(7-15(12)18)8-19-17(23)22-5-6-24-11-16(22)14-9-20-21(2)10-14/h3-4,7,9-10,16H,5-6,8,11H2,1-2H3,(H,19,23)/t16-/m1/s1. The summed E-state index contributed by atoms with van der Waals surface area (Å²) in [5.41, 5.74) is 2.41. The molecule has 24 heavy (non-hydrogen) atoms. The molecular formula is C17H21FN4OS. The molecule has 1 N–H and O–H groups in total. The van der Waals surface area contributed by atoms with E-state index in [1.807, 2.05) is 42.2 Å². The van der Waals surface area contributed by atoms with Gasteiger partial charge in [-0.25, -0.2) is 9.18 Å². The van der Waals surface area contributed by atoms with Gasteiger partial charge in [0.1, 0.15) is 5.82 Å². The first-order valence-corrected chi connectivity index (χ1v) is 9.06. The van der Waals surface area contributed by atoms with Crippen molar-refractivity contribution >= 4 is 17.8 Å². The third-order valence-electron chi connectivity index (χ3n) is 4.18. The Morgan fingerprint density at radius 3 is 3.04 bits per heavy atom. The minimum Gasteiger partial charge on any atom is -0.334 e. The van der Waals surface area contributed by atoms with Crippen molar-refractivity contribution in [2.24, 2.45) is 7.05 Å². The molecule has 1 saturated heterocycles. The molecule has 2 aromatic rings. The lowest BCUT2D eigenvalue weighted by Gasteiger charge is -2.34. The molecule has 0 radical (unpaired) electrons. The summed E-state index contributed by atoms with van der Waals surface area (Å²) in [5.74, 6) is 1.53. The van der Waals surface area contributed by atoms with Gasteiger partial charge in [-0.3, -0.25) is 4.68 Å². The fourth-order valence-corrected chi connectivity index (χ4v) is 3.85. The molecule has 2 heterocycles. The van der Waals surface area contributed by atoms with E-state index < -0.39 is 0 Å². The van der Waals surface area contributed by atoms with Gasteiger partial charge in [-0.2, -0.15) is 16.9 Å². The van der Waals surface area contributed by atoms with Gasteiger partial charge in [0.2, 0.25) is 0 Å². The van der Waals surface area contributed by atoms with Crippen molar-refractivity contribution in [3.05, 3.63) is 53.1 Å². The van der Waals surface area contributed by atoms with E-state index in [-0.39, 0.29) is 17.9 Å². The number of urea groups is 1. The molecule has 0 unspecified atom stereocenters. The van der Waals surface area contributed by atoms with E-state index in [1.165, 1.54) is 6.07 Å². The highest BCUT2D eigenvalue weighted by atomic mass is 32.2. The molecule has 128 valence electrons. The number of carbonyl (C=O) groups is 1. The number of halogens is 1. The minimum atomic E-state index is -0.246. The second kappa shape index (κ2) is 7.25. The molecule has 1 aliphatic heterocycles. The molecule has 1 aliphatic rings. The fraction of sp³-hybridized carbons (Fsp3) is 0.412.